The second-order valence-electron chi connectivity index (χ2n) is 4.24. The van der Waals surface area contributed by atoms with Crippen LogP contribution < -0.4 is 4.74 Å². The second kappa shape index (κ2) is 4.71. The molecule has 15 heavy (non-hydrogen) atoms. The minimum atomic E-state index is 0.0874. The van der Waals surface area contributed by atoms with E-state index < -0.39 is 0 Å². The molecule has 3 heteroatoms. The Morgan fingerprint density at radius 3 is 2.47 bits per heavy atom. The molecule has 1 aromatic carbocycles. The average molecular weight is 224 g/mol. The van der Waals surface area contributed by atoms with Gasteiger partial charge >= 0.3 is 0 Å². The molecule has 0 aliphatic carbocycles. The first kappa shape index (κ1) is 12.1. The number of methoxy groups -OCH3 is 1. The van der Waals surface area contributed by atoms with Gasteiger partial charge in [-0.3, -0.25) is 4.79 Å². The van der Waals surface area contributed by atoms with Crippen LogP contribution >= 0.6 is 11.8 Å². The monoisotopic (exact) mass is 224 g/mol. The Balaban J connectivity index is 3.06. The highest BCUT2D eigenvalue weighted by Gasteiger charge is 2.15. The molecule has 0 atom stereocenters. The summed E-state index contributed by atoms with van der Waals surface area (Å²) in [4.78, 5) is 11.8. The van der Waals surface area contributed by atoms with E-state index in [4.69, 9.17) is 4.74 Å². The molecule has 0 N–H and O–H groups in total. The molecule has 0 aliphatic rings. The standard InChI is InChI=1S/C12H16O2S/c1-12(2,3)15-11-7-10(14-4)6-5-9(11)8-13/h5-8H,1-4H3. The van der Waals surface area contributed by atoms with Crippen molar-refractivity contribution in [2.45, 2.75) is 30.4 Å². The maximum atomic E-state index is 10.9. The molecule has 82 valence electrons. The fourth-order valence-corrected chi connectivity index (χ4v) is 2.23. The Morgan fingerprint density at radius 1 is 1.33 bits per heavy atom. The average Bonchev–Trinajstić information content (AvgIpc) is 2.15. The summed E-state index contributed by atoms with van der Waals surface area (Å²) < 4.78 is 5.23. The summed E-state index contributed by atoms with van der Waals surface area (Å²) in [5.74, 6) is 0.785. The summed E-state index contributed by atoms with van der Waals surface area (Å²) in [6.07, 6.45) is 0.882. The zero-order valence-electron chi connectivity index (χ0n) is 9.53. The number of aldehydes is 1. The highest BCUT2D eigenvalue weighted by molar-refractivity contribution is 8.00. The minimum Gasteiger partial charge on any atom is -0.497 e. The number of carbonyl (C=O) groups is 1. The summed E-state index contributed by atoms with van der Waals surface area (Å²) in [7, 11) is 1.63. The maximum absolute atomic E-state index is 10.9. The van der Waals surface area contributed by atoms with Crippen molar-refractivity contribution >= 4 is 18.0 Å². The van der Waals surface area contributed by atoms with E-state index in [2.05, 4.69) is 20.8 Å². The molecule has 0 saturated carbocycles. The molecule has 0 amide bonds. The largest absolute Gasteiger partial charge is 0.497 e. The summed E-state index contributed by atoms with van der Waals surface area (Å²) in [6.45, 7) is 6.35. The molecule has 2 nitrogen and oxygen atoms in total. The highest BCUT2D eigenvalue weighted by Crippen LogP contribution is 2.35. The first-order chi connectivity index (χ1) is 6.96. The van der Waals surface area contributed by atoms with Crippen molar-refractivity contribution in [3.63, 3.8) is 0 Å². The predicted molar refractivity (Wildman–Crippen MR) is 64.0 cm³/mol. The van der Waals surface area contributed by atoms with E-state index >= 15 is 0 Å². The molecule has 0 fully saturated rings. The smallest absolute Gasteiger partial charge is 0.151 e. The van der Waals surface area contributed by atoms with Crippen LogP contribution in [0.1, 0.15) is 31.1 Å². The number of benzene rings is 1. The Morgan fingerprint density at radius 2 is 2.00 bits per heavy atom. The first-order valence-corrected chi connectivity index (χ1v) is 5.60. The van der Waals surface area contributed by atoms with Crippen LogP contribution in [0.5, 0.6) is 5.75 Å². The maximum Gasteiger partial charge on any atom is 0.151 e. The lowest BCUT2D eigenvalue weighted by Crippen LogP contribution is -2.07. The van der Waals surface area contributed by atoms with Gasteiger partial charge in [-0.05, 0) is 18.2 Å². The number of hydrogen-bond donors (Lipinski definition) is 0. The molecule has 1 aromatic rings. The first-order valence-electron chi connectivity index (χ1n) is 4.78. The van der Waals surface area contributed by atoms with Crippen LogP contribution in [0.4, 0.5) is 0 Å². The Bertz CT molecular complexity index is 353. The summed E-state index contributed by atoms with van der Waals surface area (Å²) >= 11 is 1.67. The van der Waals surface area contributed by atoms with Gasteiger partial charge < -0.3 is 4.74 Å². The minimum absolute atomic E-state index is 0.0874. The number of rotatable bonds is 3. The van der Waals surface area contributed by atoms with Crippen LogP contribution in [0.3, 0.4) is 0 Å². The lowest BCUT2D eigenvalue weighted by molar-refractivity contribution is 0.112. The van der Waals surface area contributed by atoms with Crippen LogP contribution in [0, 0.1) is 0 Å². The van der Waals surface area contributed by atoms with Gasteiger partial charge in [0.2, 0.25) is 0 Å². The van der Waals surface area contributed by atoms with E-state index in [1.165, 1.54) is 0 Å². The van der Waals surface area contributed by atoms with Crippen LogP contribution in [-0.4, -0.2) is 18.1 Å². The van der Waals surface area contributed by atoms with E-state index in [0.29, 0.717) is 0 Å². The SMILES string of the molecule is COc1ccc(C=O)c(SC(C)(C)C)c1. The summed E-state index contributed by atoms with van der Waals surface area (Å²) in [6, 6.07) is 5.50. The van der Waals surface area contributed by atoms with E-state index in [0.717, 1.165) is 22.5 Å². The van der Waals surface area contributed by atoms with Crippen LogP contribution in [0.25, 0.3) is 0 Å². The zero-order valence-corrected chi connectivity index (χ0v) is 10.4. The molecule has 0 bridgehead atoms. The molecule has 0 unspecified atom stereocenters. The number of ether oxygens (including phenoxy) is 1. The highest BCUT2D eigenvalue weighted by atomic mass is 32.2. The summed E-state index contributed by atoms with van der Waals surface area (Å²) in [5, 5.41) is 0. The third-order valence-electron chi connectivity index (χ3n) is 1.76. The van der Waals surface area contributed by atoms with Crippen LogP contribution in [-0.2, 0) is 0 Å². The molecule has 0 heterocycles. The van der Waals surface area contributed by atoms with Crippen LogP contribution in [0.15, 0.2) is 23.1 Å². The van der Waals surface area contributed by atoms with E-state index in [1.54, 1.807) is 31.0 Å². The van der Waals surface area contributed by atoms with Gasteiger partial charge in [0, 0.05) is 15.2 Å². The van der Waals surface area contributed by atoms with E-state index in [9.17, 15) is 4.79 Å². The molecule has 0 aromatic heterocycles. The quantitative estimate of drug-likeness (QED) is 0.581. The molecule has 0 aliphatic heterocycles. The van der Waals surface area contributed by atoms with E-state index in [1.807, 2.05) is 6.07 Å². The van der Waals surface area contributed by atoms with Crippen molar-refractivity contribution in [3.05, 3.63) is 23.8 Å². The topological polar surface area (TPSA) is 26.3 Å². The predicted octanol–water partition coefficient (Wildman–Crippen LogP) is 3.40. The lowest BCUT2D eigenvalue weighted by Gasteiger charge is -2.19. The molecule has 0 radical (unpaired) electrons. The molecule has 0 spiro atoms. The summed E-state index contributed by atoms with van der Waals surface area (Å²) in [5.41, 5.74) is 0.718. The number of thioether (sulfide) groups is 1. The number of carbonyl (C=O) groups excluding carboxylic acids is 1. The molecule has 1 rings (SSSR count). The van der Waals surface area contributed by atoms with E-state index in [-0.39, 0.29) is 4.75 Å². The lowest BCUT2D eigenvalue weighted by atomic mass is 10.2. The Labute approximate surface area is 95.0 Å². The van der Waals surface area contributed by atoms with Crippen molar-refractivity contribution < 1.29 is 9.53 Å². The van der Waals surface area contributed by atoms with Crippen molar-refractivity contribution in [2.75, 3.05) is 7.11 Å². The zero-order chi connectivity index (χ0) is 11.5. The van der Waals surface area contributed by atoms with Gasteiger partial charge in [0.25, 0.3) is 0 Å². The van der Waals surface area contributed by atoms with Gasteiger partial charge in [-0.2, -0.15) is 0 Å². The van der Waals surface area contributed by atoms with Crippen LogP contribution in [0.2, 0.25) is 0 Å². The number of hydrogen-bond acceptors (Lipinski definition) is 3. The second-order valence-corrected chi connectivity index (χ2v) is 6.10. The Hall–Kier alpha value is -0.960. The van der Waals surface area contributed by atoms with Gasteiger partial charge in [-0.15, -0.1) is 11.8 Å². The van der Waals surface area contributed by atoms with Gasteiger partial charge in [-0.1, -0.05) is 20.8 Å². The van der Waals surface area contributed by atoms with Crippen molar-refractivity contribution in [3.8, 4) is 5.75 Å². The van der Waals surface area contributed by atoms with Gasteiger partial charge in [0.05, 0.1) is 7.11 Å². The van der Waals surface area contributed by atoms with Gasteiger partial charge in [0.15, 0.2) is 6.29 Å². The molecular weight excluding hydrogens is 208 g/mol. The van der Waals surface area contributed by atoms with Gasteiger partial charge in [0.1, 0.15) is 5.75 Å². The van der Waals surface area contributed by atoms with Gasteiger partial charge in [-0.25, -0.2) is 0 Å². The Kier molecular flexibility index (Phi) is 3.80. The third kappa shape index (κ3) is 3.59. The molecule has 0 saturated heterocycles. The van der Waals surface area contributed by atoms with Crippen molar-refractivity contribution in [1.82, 2.24) is 0 Å². The van der Waals surface area contributed by atoms with Crippen molar-refractivity contribution in [2.24, 2.45) is 0 Å². The fraction of sp³-hybridized carbons (Fsp3) is 0.417. The molecular formula is C12H16O2S. The fourth-order valence-electron chi connectivity index (χ4n) is 1.16. The third-order valence-corrected chi connectivity index (χ3v) is 2.95. The normalized spacial score (nSPS) is 11.2. The van der Waals surface area contributed by atoms with Crippen molar-refractivity contribution in [1.29, 1.82) is 0 Å².